The number of fused-ring (bicyclic) bond motifs is 1. The summed E-state index contributed by atoms with van der Waals surface area (Å²) in [6.07, 6.45) is 2.50. The summed E-state index contributed by atoms with van der Waals surface area (Å²) in [5.41, 5.74) is 3.73. The minimum absolute atomic E-state index is 0.0539. The zero-order valence-electron chi connectivity index (χ0n) is 13.2. The number of amides is 1. The Morgan fingerprint density at radius 2 is 1.92 bits per heavy atom. The molecule has 124 valence electrons. The van der Waals surface area contributed by atoms with E-state index in [1.54, 1.807) is 12.3 Å². The van der Waals surface area contributed by atoms with Crippen molar-refractivity contribution in [3.05, 3.63) is 53.7 Å². The highest BCUT2D eigenvalue weighted by Crippen LogP contribution is 2.24. The third kappa shape index (κ3) is 3.90. The highest BCUT2D eigenvalue weighted by Gasteiger charge is 2.16. The van der Waals surface area contributed by atoms with E-state index in [1.807, 2.05) is 6.07 Å². The van der Waals surface area contributed by atoms with Crippen LogP contribution in [0.2, 0.25) is 0 Å². The van der Waals surface area contributed by atoms with E-state index >= 15 is 0 Å². The molecule has 0 atom stereocenters. The van der Waals surface area contributed by atoms with Gasteiger partial charge in [0.2, 0.25) is 5.91 Å². The first kappa shape index (κ1) is 16.0. The number of benzene rings is 1. The Bertz CT molecular complexity index is 743. The first-order valence-corrected chi connectivity index (χ1v) is 7.91. The van der Waals surface area contributed by atoms with Gasteiger partial charge in [-0.15, -0.1) is 0 Å². The lowest BCUT2D eigenvalue weighted by Gasteiger charge is -2.30. The van der Waals surface area contributed by atoms with E-state index in [4.69, 9.17) is 5.11 Å². The van der Waals surface area contributed by atoms with Crippen molar-refractivity contribution >= 4 is 23.4 Å². The highest BCUT2D eigenvalue weighted by molar-refractivity contribution is 5.91. The number of rotatable bonds is 5. The van der Waals surface area contributed by atoms with Crippen molar-refractivity contribution in [3.8, 4) is 0 Å². The number of hydrogen-bond acceptors (Lipinski definition) is 4. The summed E-state index contributed by atoms with van der Waals surface area (Å²) < 4.78 is 0. The number of carboxylic acid groups (broad SMARTS) is 1. The van der Waals surface area contributed by atoms with E-state index in [-0.39, 0.29) is 18.7 Å². The van der Waals surface area contributed by atoms with Crippen molar-refractivity contribution in [2.75, 3.05) is 16.8 Å². The number of nitrogens with zero attached hydrogens (tertiary/aromatic N) is 2. The number of carboxylic acids is 1. The molecule has 2 heterocycles. The van der Waals surface area contributed by atoms with Crippen LogP contribution >= 0.6 is 0 Å². The third-order valence-corrected chi connectivity index (χ3v) is 4.08. The van der Waals surface area contributed by atoms with Gasteiger partial charge in [0.1, 0.15) is 5.82 Å². The maximum absolute atomic E-state index is 11.6. The van der Waals surface area contributed by atoms with Crippen LogP contribution in [0, 0.1) is 0 Å². The Kier molecular flexibility index (Phi) is 4.74. The normalized spacial score (nSPS) is 13.2. The van der Waals surface area contributed by atoms with E-state index in [0.717, 1.165) is 25.2 Å². The third-order valence-electron chi connectivity index (χ3n) is 4.08. The molecule has 0 fully saturated rings. The van der Waals surface area contributed by atoms with Crippen LogP contribution in [-0.2, 0) is 22.6 Å². The lowest BCUT2D eigenvalue weighted by atomic mass is 10.00. The molecular weight excluding hydrogens is 306 g/mol. The summed E-state index contributed by atoms with van der Waals surface area (Å²) in [5, 5.41) is 11.2. The SMILES string of the molecule is O=C(O)CCC(=O)Nc1ccc(N2CCc3ccccc3C2)cn1. The van der Waals surface area contributed by atoms with Crippen LogP contribution < -0.4 is 10.2 Å². The van der Waals surface area contributed by atoms with Crippen molar-refractivity contribution in [2.24, 2.45) is 0 Å². The molecule has 6 nitrogen and oxygen atoms in total. The van der Waals surface area contributed by atoms with Crippen molar-refractivity contribution in [1.82, 2.24) is 4.98 Å². The topological polar surface area (TPSA) is 82.5 Å². The summed E-state index contributed by atoms with van der Waals surface area (Å²) in [6.45, 7) is 1.78. The average Bonchev–Trinajstić information content (AvgIpc) is 2.60. The van der Waals surface area contributed by atoms with Gasteiger partial charge in [-0.1, -0.05) is 24.3 Å². The molecule has 0 saturated carbocycles. The Labute approximate surface area is 140 Å². The molecule has 1 amide bonds. The smallest absolute Gasteiger partial charge is 0.303 e. The second-order valence-corrected chi connectivity index (χ2v) is 5.78. The van der Waals surface area contributed by atoms with Gasteiger partial charge in [0.05, 0.1) is 18.3 Å². The van der Waals surface area contributed by atoms with Crippen LogP contribution in [-0.4, -0.2) is 28.5 Å². The number of carbonyl (C=O) groups excluding carboxylic acids is 1. The van der Waals surface area contributed by atoms with Gasteiger partial charge in [-0.25, -0.2) is 4.98 Å². The first-order valence-electron chi connectivity index (χ1n) is 7.91. The van der Waals surface area contributed by atoms with Crippen LogP contribution in [0.15, 0.2) is 42.6 Å². The first-order chi connectivity index (χ1) is 11.6. The van der Waals surface area contributed by atoms with E-state index in [2.05, 4.69) is 39.5 Å². The lowest BCUT2D eigenvalue weighted by molar-refractivity contribution is -0.138. The van der Waals surface area contributed by atoms with E-state index in [0.29, 0.717) is 5.82 Å². The zero-order chi connectivity index (χ0) is 16.9. The lowest BCUT2D eigenvalue weighted by Crippen LogP contribution is -2.30. The van der Waals surface area contributed by atoms with Crippen molar-refractivity contribution in [2.45, 2.75) is 25.8 Å². The number of carbonyl (C=O) groups is 2. The number of aromatic nitrogens is 1. The minimum Gasteiger partial charge on any atom is -0.481 e. The second-order valence-electron chi connectivity index (χ2n) is 5.78. The Morgan fingerprint density at radius 3 is 2.62 bits per heavy atom. The summed E-state index contributed by atoms with van der Waals surface area (Å²) >= 11 is 0. The molecule has 1 aliphatic rings. The van der Waals surface area contributed by atoms with Crippen molar-refractivity contribution in [1.29, 1.82) is 0 Å². The molecule has 0 spiro atoms. The van der Waals surface area contributed by atoms with Gasteiger partial charge in [0.15, 0.2) is 0 Å². The molecule has 0 saturated heterocycles. The van der Waals surface area contributed by atoms with Crippen molar-refractivity contribution in [3.63, 3.8) is 0 Å². The predicted molar refractivity (Wildman–Crippen MR) is 90.9 cm³/mol. The molecule has 0 radical (unpaired) electrons. The van der Waals surface area contributed by atoms with Gasteiger partial charge in [0, 0.05) is 19.5 Å². The molecule has 0 bridgehead atoms. The Morgan fingerprint density at radius 1 is 1.12 bits per heavy atom. The van der Waals surface area contributed by atoms with Crippen LogP contribution in [0.25, 0.3) is 0 Å². The van der Waals surface area contributed by atoms with Gasteiger partial charge in [-0.05, 0) is 29.7 Å². The monoisotopic (exact) mass is 325 g/mol. The Hall–Kier alpha value is -2.89. The largest absolute Gasteiger partial charge is 0.481 e. The molecular formula is C18H19N3O3. The van der Waals surface area contributed by atoms with Gasteiger partial charge in [0.25, 0.3) is 0 Å². The number of pyridine rings is 1. The Balaban J connectivity index is 1.61. The average molecular weight is 325 g/mol. The van der Waals surface area contributed by atoms with Gasteiger partial charge >= 0.3 is 5.97 Å². The van der Waals surface area contributed by atoms with Gasteiger partial charge in [-0.3, -0.25) is 9.59 Å². The number of hydrogen-bond donors (Lipinski definition) is 2. The number of anilines is 2. The van der Waals surface area contributed by atoms with E-state index in [1.165, 1.54) is 11.1 Å². The molecule has 3 rings (SSSR count). The van der Waals surface area contributed by atoms with Crippen LogP contribution in [0.5, 0.6) is 0 Å². The maximum Gasteiger partial charge on any atom is 0.303 e. The molecule has 0 aliphatic carbocycles. The molecule has 2 N–H and O–H groups in total. The fraction of sp³-hybridized carbons (Fsp3) is 0.278. The summed E-state index contributed by atoms with van der Waals surface area (Å²) in [7, 11) is 0. The molecule has 1 aliphatic heterocycles. The van der Waals surface area contributed by atoms with Crippen molar-refractivity contribution < 1.29 is 14.7 Å². The van der Waals surface area contributed by atoms with E-state index < -0.39 is 5.97 Å². The molecule has 2 aromatic rings. The molecule has 6 heteroatoms. The summed E-state index contributed by atoms with van der Waals surface area (Å²) in [6, 6.07) is 12.1. The summed E-state index contributed by atoms with van der Waals surface area (Å²) in [4.78, 5) is 28.6. The highest BCUT2D eigenvalue weighted by atomic mass is 16.4. The van der Waals surface area contributed by atoms with Gasteiger partial charge in [-0.2, -0.15) is 0 Å². The van der Waals surface area contributed by atoms with Crippen LogP contribution in [0.3, 0.4) is 0 Å². The summed E-state index contributed by atoms with van der Waals surface area (Å²) in [5.74, 6) is -0.894. The van der Waals surface area contributed by atoms with Gasteiger partial charge < -0.3 is 15.3 Å². The molecule has 24 heavy (non-hydrogen) atoms. The van der Waals surface area contributed by atoms with Crippen LogP contribution in [0.4, 0.5) is 11.5 Å². The second kappa shape index (κ2) is 7.12. The maximum atomic E-state index is 11.6. The number of nitrogens with one attached hydrogen (secondary N) is 1. The standard InChI is InChI=1S/C18H19N3O3/c22-17(7-8-18(23)24)20-16-6-5-15(11-19-16)21-10-9-13-3-1-2-4-14(13)12-21/h1-6,11H,7-10,12H2,(H,23,24)(H,19,20,22). The molecule has 1 aromatic heterocycles. The minimum atomic E-state index is -0.987. The quantitative estimate of drug-likeness (QED) is 0.882. The molecule has 0 unspecified atom stereocenters. The van der Waals surface area contributed by atoms with Crippen LogP contribution in [0.1, 0.15) is 24.0 Å². The molecule has 1 aromatic carbocycles. The van der Waals surface area contributed by atoms with E-state index in [9.17, 15) is 9.59 Å². The fourth-order valence-corrected chi connectivity index (χ4v) is 2.79. The zero-order valence-corrected chi connectivity index (χ0v) is 13.2. The number of aliphatic carboxylic acids is 1. The predicted octanol–water partition coefficient (Wildman–Crippen LogP) is 2.45. The fourth-order valence-electron chi connectivity index (χ4n) is 2.79.